The van der Waals surface area contributed by atoms with E-state index >= 15 is 0 Å². The van der Waals surface area contributed by atoms with Crippen molar-refractivity contribution >= 4 is 16.0 Å². The topological polar surface area (TPSA) is 192 Å². The van der Waals surface area contributed by atoms with Crippen molar-refractivity contribution in [1.82, 2.24) is 5.32 Å². The molecule has 3 aliphatic heterocycles. The number of rotatable bonds is 5. The molecule has 29 heavy (non-hydrogen) atoms. The fraction of sp³-hybridized carbons (Fsp3) is 0.688. The van der Waals surface area contributed by atoms with Gasteiger partial charge in [-0.25, -0.2) is 0 Å². The molecule has 0 aromatic rings. The van der Waals surface area contributed by atoms with Crippen LogP contribution in [-0.4, -0.2) is 88.3 Å². The lowest BCUT2D eigenvalue weighted by Gasteiger charge is -2.44. The van der Waals surface area contributed by atoms with E-state index in [1.54, 1.807) is 0 Å². The Morgan fingerprint density at radius 1 is 1.24 bits per heavy atom. The van der Waals surface area contributed by atoms with E-state index in [-0.39, 0.29) is 12.0 Å². The van der Waals surface area contributed by atoms with Crippen LogP contribution in [-0.2, 0) is 29.1 Å². The standard InChI is InChI=1S/C16H23NO11S/c1-2-6-7-3-10(29(23,24)25)17-14(22)8(7)5-26-15(6)28-16-13(21)12(20)11(19)9(4-18)27-16/h2,5-7,9-13,15-16,18-21H,1,3-4H2,(H,17,22)(H,23,24,25)/t6-,7+,9-,10?,11-,12+,13-,15+,16+/m1/s1. The van der Waals surface area contributed by atoms with Crippen LogP contribution >= 0.6 is 0 Å². The molecule has 0 saturated carbocycles. The Labute approximate surface area is 166 Å². The molecule has 164 valence electrons. The quantitative estimate of drug-likeness (QED) is 0.192. The largest absolute Gasteiger partial charge is 0.471 e. The van der Waals surface area contributed by atoms with Crippen LogP contribution in [0.5, 0.6) is 0 Å². The van der Waals surface area contributed by atoms with Gasteiger partial charge in [-0.1, -0.05) is 6.08 Å². The molecule has 1 unspecified atom stereocenters. The molecular formula is C16H23NO11S. The summed E-state index contributed by atoms with van der Waals surface area (Å²) < 4.78 is 48.5. The fourth-order valence-corrected chi connectivity index (χ4v) is 4.35. The molecule has 9 atom stereocenters. The Hall–Kier alpha value is -1.58. The number of ether oxygens (including phenoxy) is 3. The first kappa shape index (κ1) is 22.1. The van der Waals surface area contributed by atoms with Gasteiger partial charge in [0.1, 0.15) is 24.4 Å². The molecule has 12 nitrogen and oxygen atoms in total. The number of amides is 1. The zero-order valence-electron chi connectivity index (χ0n) is 15.1. The normalized spacial score (nSPS) is 42.9. The van der Waals surface area contributed by atoms with Gasteiger partial charge in [-0.15, -0.1) is 6.58 Å². The second-order valence-electron chi connectivity index (χ2n) is 7.04. The second-order valence-corrected chi connectivity index (χ2v) is 8.64. The van der Waals surface area contributed by atoms with Crippen LogP contribution in [0.15, 0.2) is 24.5 Å². The van der Waals surface area contributed by atoms with Gasteiger partial charge in [0.2, 0.25) is 6.29 Å². The Morgan fingerprint density at radius 3 is 2.52 bits per heavy atom. The number of nitrogens with one attached hydrogen (secondary N) is 1. The monoisotopic (exact) mass is 437 g/mol. The van der Waals surface area contributed by atoms with Gasteiger partial charge in [-0.2, -0.15) is 8.42 Å². The van der Waals surface area contributed by atoms with E-state index in [9.17, 15) is 38.2 Å². The Kier molecular flexibility index (Phi) is 6.31. The van der Waals surface area contributed by atoms with E-state index in [4.69, 9.17) is 14.2 Å². The van der Waals surface area contributed by atoms with Crippen LogP contribution in [0, 0.1) is 11.8 Å². The third-order valence-corrected chi connectivity index (χ3v) is 6.31. The van der Waals surface area contributed by atoms with Crippen molar-refractivity contribution < 1.29 is 52.4 Å². The van der Waals surface area contributed by atoms with Crippen LogP contribution in [0.2, 0.25) is 0 Å². The molecule has 0 aromatic carbocycles. The molecule has 3 heterocycles. The van der Waals surface area contributed by atoms with Crippen molar-refractivity contribution in [2.24, 2.45) is 11.8 Å². The Bertz CT molecular complexity index is 782. The summed E-state index contributed by atoms with van der Waals surface area (Å²) in [5.74, 6) is -2.25. The zero-order valence-corrected chi connectivity index (χ0v) is 15.9. The van der Waals surface area contributed by atoms with Gasteiger partial charge in [-0.05, 0) is 6.42 Å². The lowest BCUT2D eigenvalue weighted by Crippen LogP contribution is -2.60. The molecule has 6 N–H and O–H groups in total. The molecule has 0 spiro atoms. The number of fused-ring (bicyclic) bond motifs is 1. The van der Waals surface area contributed by atoms with Gasteiger partial charge in [0.15, 0.2) is 11.7 Å². The summed E-state index contributed by atoms with van der Waals surface area (Å²) in [5.41, 5.74) is 0.128. The zero-order chi connectivity index (χ0) is 21.5. The van der Waals surface area contributed by atoms with E-state index in [2.05, 4.69) is 11.9 Å². The minimum atomic E-state index is -4.55. The molecule has 3 rings (SSSR count). The SMILES string of the molecule is C=C[C@H]1[C@H](O[C@@H]2O[C@H](CO)[C@@H](O)[C@H](O)[C@H]2O)OC=C2C(=O)NC(S(=O)(=O)O)C[C@H]21. The third kappa shape index (κ3) is 4.18. The average Bonchev–Trinajstić information content (AvgIpc) is 2.67. The van der Waals surface area contributed by atoms with Crippen molar-refractivity contribution in [2.45, 2.75) is 48.8 Å². The minimum absolute atomic E-state index is 0.128. The molecule has 13 heteroatoms. The first-order valence-corrected chi connectivity index (χ1v) is 10.3. The number of carbonyl (C=O) groups excluding carboxylic acids is 1. The summed E-state index contributed by atoms with van der Waals surface area (Å²) in [5, 5.41) is 39.7. The van der Waals surface area contributed by atoms with Crippen molar-refractivity contribution in [3.63, 3.8) is 0 Å². The van der Waals surface area contributed by atoms with Crippen molar-refractivity contribution in [2.75, 3.05) is 6.61 Å². The summed E-state index contributed by atoms with van der Waals surface area (Å²) in [6.45, 7) is 3.00. The van der Waals surface area contributed by atoms with Gasteiger partial charge >= 0.3 is 0 Å². The number of hydrogen-bond donors (Lipinski definition) is 6. The predicted octanol–water partition coefficient (Wildman–Crippen LogP) is -2.80. The molecule has 0 bridgehead atoms. The summed E-state index contributed by atoms with van der Waals surface area (Å²) in [6.07, 6.45) is -6.52. The van der Waals surface area contributed by atoms with Gasteiger partial charge in [-0.3, -0.25) is 9.35 Å². The maximum absolute atomic E-state index is 12.2. The van der Waals surface area contributed by atoms with Crippen molar-refractivity contribution in [3.8, 4) is 0 Å². The summed E-state index contributed by atoms with van der Waals surface area (Å²) in [6, 6.07) is 0. The van der Waals surface area contributed by atoms with E-state index in [0.717, 1.165) is 6.26 Å². The average molecular weight is 437 g/mol. The molecule has 2 fully saturated rings. The number of carbonyl (C=O) groups is 1. The van der Waals surface area contributed by atoms with Gasteiger partial charge in [0.05, 0.1) is 18.4 Å². The molecular weight excluding hydrogens is 414 g/mol. The maximum atomic E-state index is 12.2. The lowest BCUT2D eigenvalue weighted by atomic mass is 9.79. The van der Waals surface area contributed by atoms with E-state index < -0.39 is 76.8 Å². The van der Waals surface area contributed by atoms with Gasteiger partial charge in [0.25, 0.3) is 16.0 Å². The number of piperidine rings is 1. The molecule has 2 saturated heterocycles. The van der Waals surface area contributed by atoms with Crippen LogP contribution in [0.1, 0.15) is 6.42 Å². The van der Waals surface area contributed by atoms with E-state index in [1.807, 2.05) is 0 Å². The smallest absolute Gasteiger partial charge is 0.286 e. The Balaban J connectivity index is 1.81. The van der Waals surface area contributed by atoms with Crippen LogP contribution in [0.3, 0.4) is 0 Å². The molecule has 0 aromatic heterocycles. The predicted molar refractivity (Wildman–Crippen MR) is 93.1 cm³/mol. The van der Waals surface area contributed by atoms with Crippen molar-refractivity contribution in [3.05, 3.63) is 24.5 Å². The number of hydrogen-bond acceptors (Lipinski definition) is 10. The van der Waals surface area contributed by atoms with E-state index in [0.29, 0.717) is 0 Å². The maximum Gasteiger partial charge on any atom is 0.286 e. The molecule has 0 radical (unpaired) electrons. The third-order valence-electron chi connectivity index (χ3n) is 5.28. The highest BCUT2D eigenvalue weighted by Crippen LogP contribution is 2.39. The Morgan fingerprint density at radius 2 is 1.93 bits per heavy atom. The number of aliphatic hydroxyl groups excluding tert-OH is 4. The fourth-order valence-electron chi connectivity index (χ4n) is 3.65. The highest BCUT2D eigenvalue weighted by Gasteiger charge is 2.49. The minimum Gasteiger partial charge on any atom is -0.471 e. The van der Waals surface area contributed by atoms with Crippen LogP contribution < -0.4 is 5.32 Å². The van der Waals surface area contributed by atoms with E-state index in [1.165, 1.54) is 6.08 Å². The number of aliphatic hydroxyl groups is 4. The van der Waals surface area contributed by atoms with Gasteiger partial charge in [0, 0.05) is 11.8 Å². The first-order chi connectivity index (χ1) is 13.6. The van der Waals surface area contributed by atoms with Gasteiger partial charge < -0.3 is 40.0 Å². The highest BCUT2D eigenvalue weighted by molar-refractivity contribution is 7.86. The summed E-state index contributed by atoms with van der Waals surface area (Å²) in [4.78, 5) is 12.2. The summed E-state index contributed by atoms with van der Waals surface area (Å²) in [7, 11) is -4.55. The summed E-state index contributed by atoms with van der Waals surface area (Å²) >= 11 is 0. The first-order valence-electron chi connectivity index (χ1n) is 8.79. The molecule has 3 aliphatic rings. The molecule has 0 aliphatic carbocycles. The van der Waals surface area contributed by atoms with Crippen LogP contribution in [0.4, 0.5) is 0 Å². The van der Waals surface area contributed by atoms with Crippen molar-refractivity contribution in [1.29, 1.82) is 0 Å². The van der Waals surface area contributed by atoms with Crippen LogP contribution in [0.25, 0.3) is 0 Å². The highest BCUT2D eigenvalue weighted by atomic mass is 32.2. The lowest BCUT2D eigenvalue weighted by molar-refractivity contribution is -0.339. The second kappa shape index (κ2) is 8.28. The molecule has 1 amide bonds.